The Balaban J connectivity index is 1.37. The van der Waals surface area contributed by atoms with Crippen LogP contribution in [0.3, 0.4) is 0 Å². The van der Waals surface area contributed by atoms with Crippen molar-refractivity contribution in [3.63, 3.8) is 0 Å². The molecule has 0 radical (unpaired) electrons. The van der Waals surface area contributed by atoms with Crippen molar-refractivity contribution >= 4 is 17.7 Å². The first-order valence-electron chi connectivity index (χ1n) is 8.47. The van der Waals surface area contributed by atoms with Crippen LogP contribution < -0.4 is 10.6 Å². The van der Waals surface area contributed by atoms with Gasteiger partial charge in [-0.2, -0.15) is 0 Å². The number of rotatable bonds is 7. The molecular weight excluding hydrogens is 292 g/mol. The van der Waals surface area contributed by atoms with Crippen LogP contribution in [-0.4, -0.2) is 30.3 Å². The lowest BCUT2D eigenvalue weighted by Crippen LogP contribution is -2.33. The maximum absolute atomic E-state index is 12.1. The fourth-order valence-electron chi connectivity index (χ4n) is 3.05. The number of hydrogen-bond donors (Lipinski definition) is 2. The molecule has 2 aliphatic rings. The molecule has 1 aliphatic heterocycles. The Bertz CT molecular complexity index is 481. The number of piperidine rings is 1. The Labute approximate surface area is 137 Å². The Hall–Kier alpha value is -1.00. The average Bonchev–Trinajstić information content (AvgIpc) is 3.33. The molecule has 1 amide bonds. The van der Waals surface area contributed by atoms with Crippen molar-refractivity contribution in [1.29, 1.82) is 0 Å². The van der Waals surface area contributed by atoms with Gasteiger partial charge < -0.3 is 10.6 Å². The number of benzene rings is 1. The van der Waals surface area contributed by atoms with Crippen molar-refractivity contribution < 1.29 is 4.79 Å². The number of nitrogens with one attached hydrogen (secondary N) is 2. The number of carbonyl (C=O) groups is 1. The predicted octanol–water partition coefficient (Wildman–Crippen LogP) is 3.21. The highest BCUT2D eigenvalue weighted by Crippen LogP contribution is 2.51. The Kier molecular flexibility index (Phi) is 5.42. The largest absolute Gasteiger partial charge is 0.355 e. The van der Waals surface area contributed by atoms with E-state index >= 15 is 0 Å². The summed E-state index contributed by atoms with van der Waals surface area (Å²) in [7, 11) is 0. The summed E-state index contributed by atoms with van der Waals surface area (Å²) in [6.45, 7) is 3.05. The Morgan fingerprint density at radius 2 is 1.95 bits per heavy atom. The zero-order chi connectivity index (χ0) is 15.3. The summed E-state index contributed by atoms with van der Waals surface area (Å²) in [5.41, 5.74) is 0. The molecule has 0 atom stereocenters. The van der Waals surface area contributed by atoms with Crippen molar-refractivity contribution in [2.24, 2.45) is 5.92 Å². The number of thioether (sulfide) groups is 1. The molecular formula is C18H26N2OS. The Morgan fingerprint density at radius 1 is 1.23 bits per heavy atom. The minimum atomic E-state index is 0.235. The second-order valence-corrected chi connectivity index (χ2v) is 8.15. The monoisotopic (exact) mass is 318 g/mol. The molecule has 3 nitrogen and oxygen atoms in total. The van der Waals surface area contributed by atoms with Crippen LogP contribution in [0.1, 0.15) is 38.5 Å². The molecule has 0 bridgehead atoms. The zero-order valence-electron chi connectivity index (χ0n) is 13.1. The van der Waals surface area contributed by atoms with Crippen molar-refractivity contribution in [2.75, 3.05) is 19.6 Å². The second-order valence-electron chi connectivity index (χ2n) is 6.61. The molecule has 0 unspecified atom stereocenters. The summed E-state index contributed by atoms with van der Waals surface area (Å²) < 4.78 is 0.256. The molecule has 4 heteroatoms. The van der Waals surface area contributed by atoms with Gasteiger partial charge in [0.25, 0.3) is 0 Å². The lowest BCUT2D eigenvalue weighted by Gasteiger charge is -2.22. The minimum absolute atomic E-state index is 0.235. The maximum atomic E-state index is 12.1. The normalized spacial score (nSPS) is 20.5. The molecule has 1 saturated heterocycles. The van der Waals surface area contributed by atoms with Crippen LogP contribution >= 0.6 is 11.8 Å². The van der Waals surface area contributed by atoms with E-state index < -0.39 is 0 Å². The summed E-state index contributed by atoms with van der Waals surface area (Å²) in [6.07, 6.45) is 6.60. The van der Waals surface area contributed by atoms with Gasteiger partial charge in [-0.15, -0.1) is 11.8 Å². The number of amides is 1. The molecule has 1 heterocycles. The third-order valence-corrected chi connectivity index (χ3v) is 6.22. The highest BCUT2D eigenvalue weighted by molar-refractivity contribution is 8.01. The van der Waals surface area contributed by atoms with Crippen LogP contribution in [0, 0.1) is 5.92 Å². The van der Waals surface area contributed by atoms with E-state index in [2.05, 4.69) is 34.9 Å². The smallest absolute Gasteiger partial charge is 0.220 e. The van der Waals surface area contributed by atoms with Crippen LogP contribution in [0.2, 0.25) is 0 Å². The summed E-state index contributed by atoms with van der Waals surface area (Å²) in [6, 6.07) is 10.5. The van der Waals surface area contributed by atoms with Crippen molar-refractivity contribution in [3.05, 3.63) is 30.3 Å². The van der Waals surface area contributed by atoms with Gasteiger partial charge in [0.15, 0.2) is 0 Å². The van der Waals surface area contributed by atoms with Crippen LogP contribution in [-0.2, 0) is 4.79 Å². The summed E-state index contributed by atoms with van der Waals surface area (Å²) in [4.78, 5) is 13.4. The molecule has 0 aromatic heterocycles. The molecule has 2 fully saturated rings. The third-order valence-electron chi connectivity index (χ3n) is 4.73. The van der Waals surface area contributed by atoms with E-state index in [4.69, 9.17) is 0 Å². The van der Waals surface area contributed by atoms with E-state index in [1.54, 1.807) is 0 Å². The first kappa shape index (κ1) is 15.9. The molecule has 120 valence electrons. The van der Waals surface area contributed by atoms with Crippen LogP contribution in [0.4, 0.5) is 0 Å². The van der Waals surface area contributed by atoms with Gasteiger partial charge in [0.2, 0.25) is 5.91 Å². The second kappa shape index (κ2) is 7.51. The molecule has 1 aromatic carbocycles. The first-order chi connectivity index (χ1) is 10.8. The van der Waals surface area contributed by atoms with Crippen LogP contribution in [0.5, 0.6) is 0 Å². The molecule has 2 N–H and O–H groups in total. The first-order valence-corrected chi connectivity index (χ1v) is 9.29. The molecule has 22 heavy (non-hydrogen) atoms. The maximum Gasteiger partial charge on any atom is 0.220 e. The number of hydrogen-bond acceptors (Lipinski definition) is 3. The number of carbonyl (C=O) groups excluding carboxylic acids is 1. The average molecular weight is 318 g/mol. The fourth-order valence-corrected chi connectivity index (χ4v) is 4.29. The molecule has 1 saturated carbocycles. The van der Waals surface area contributed by atoms with Gasteiger partial charge in [-0.1, -0.05) is 18.2 Å². The molecule has 1 aliphatic carbocycles. The van der Waals surface area contributed by atoms with E-state index in [1.165, 1.54) is 30.6 Å². The van der Waals surface area contributed by atoms with E-state index in [0.717, 1.165) is 32.0 Å². The van der Waals surface area contributed by atoms with Gasteiger partial charge in [-0.25, -0.2) is 0 Å². The van der Waals surface area contributed by atoms with Gasteiger partial charge in [-0.3, -0.25) is 4.79 Å². The predicted molar refractivity (Wildman–Crippen MR) is 92.1 cm³/mol. The SMILES string of the molecule is O=C(CCC1CCNCC1)NCC1(Sc2ccccc2)CC1. The summed E-state index contributed by atoms with van der Waals surface area (Å²) >= 11 is 1.92. The van der Waals surface area contributed by atoms with Gasteiger partial charge in [0.05, 0.1) is 0 Å². The molecule has 0 spiro atoms. The van der Waals surface area contributed by atoms with Gasteiger partial charge in [0.1, 0.15) is 0 Å². The standard InChI is InChI=1S/C18H26N2OS/c21-17(7-6-15-8-12-19-13-9-15)20-14-18(10-11-18)22-16-4-2-1-3-5-16/h1-5,15,19H,6-14H2,(H,20,21). The van der Waals surface area contributed by atoms with Crippen molar-refractivity contribution in [2.45, 2.75) is 48.2 Å². The topological polar surface area (TPSA) is 41.1 Å². The van der Waals surface area contributed by atoms with E-state index in [1.807, 2.05) is 17.8 Å². The lowest BCUT2D eigenvalue weighted by atomic mass is 9.93. The van der Waals surface area contributed by atoms with Gasteiger partial charge in [-0.05, 0) is 63.2 Å². The lowest BCUT2D eigenvalue weighted by molar-refractivity contribution is -0.121. The molecule has 3 rings (SSSR count). The van der Waals surface area contributed by atoms with E-state index in [-0.39, 0.29) is 10.7 Å². The van der Waals surface area contributed by atoms with Crippen molar-refractivity contribution in [3.8, 4) is 0 Å². The van der Waals surface area contributed by atoms with Crippen LogP contribution in [0.25, 0.3) is 0 Å². The quantitative estimate of drug-likeness (QED) is 0.811. The van der Waals surface area contributed by atoms with E-state index in [9.17, 15) is 4.79 Å². The van der Waals surface area contributed by atoms with E-state index in [0.29, 0.717) is 6.42 Å². The van der Waals surface area contributed by atoms with Crippen LogP contribution in [0.15, 0.2) is 35.2 Å². The third kappa shape index (κ3) is 4.75. The van der Waals surface area contributed by atoms with Crippen molar-refractivity contribution in [1.82, 2.24) is 10.6 Å². The fraction of sp³-hybridized carbons (Fsp3) is 0.611. The Morgan fingerprint density at radius 3 is 2.64 bits per heavy atom. The minimum Gasteiger partial charge on any atom is -0.355 e. The molecule has 1 aromatic rings. The van der Waals surface area contributed by atoms with Gasteiger partial charge in [0, 0.05) is 22.6 Å². The zero-order valence-corrected chi connectivity index (χ0v) is 14.0. The van der Waals surface area contributed by atoms with Gasteiger partial charge >= 0.3 is 0 Å². The summed E-state index contributed by atoms with van der Waals surface area (Å²) in [5.74, 6) is 0.971. The highest BCUT2D eigenvalue weighted by atomic mass is 32.2. The highest BCUT2D eigenvalue weighted by Gasteiger charge is 2.43. The summed E-state index contributed by atoms with van der Waals surface area (Å²) in [5, 5.41) is 6.55.